The van der Waals surface area contributed by atoms with E-state index in [0.29, 0.717) is 23.2 Å². The first-order valence-corrected chi connectivity index (χ1v) is 6.37. The van der Waals surface area contributed by atoms with Crippen LogP contribution in [-0.2, 0) is 4.74 Å². The maximum absolute atomic E-state index is 8.69. The number of ether oxygens (including phenoxy) is 1. The molecule has 0 aliphatic heterocycles. The fourth-order valence-corrected chi connectivity index (χ4v) is 2.18. The molecule has 1 aromatic rings. The number of thiazole rings is 1. The van der Waals surface area contributed by atoms with Gasteiger partial charge in [0.2, 0.25) is 0 Å². The first-order valence-electron chi connectivity index (χ1n) is 5.17. The van der Waals surface area contributed by atoms with E-state index in [9.17, 15) is 0 Å². The van der Waals surface area contributed by atoms with Crippen molar-refractivity contribution in [2.45, 2.75) is 12.8 Å². The van der Waals surface area contributed by atoms with E-state index >= 15 is 0 Å². The maximum Gasteiger partial charge on any atom is 0.185 e. The smallest absolute Gasteiger partial charge is 0.185 e. The van der Waals surface area contributed by atoms with Crippen molar-refractivity contribution in [1.82, 2.24) is 4.98 Å². The van der Waals surface area contributed by atoms with Gasteiger partial charge in [0, 0.05) is 13.2 Å². The Morgan fingerprint density at radius 2 is 2.44 bits per heavy atom. The number of hydrogen-bond donors (Lipinski definition) is 1. The van der Waals surface area contributed by atoms with Crippen molar-refractivity contribution < 1.29 is 4.74 Å². The minimum Gasteiger partial charge on any atom is -0.379 e. The highest BCUT2D eigenvalue weighted by Crippen LogP contribution is 2.28. The van der Waals surface area contributed by atoms with E-state index in [1.807, 2.05) is 6.07 Å². The molecule has 4 nitrogen and oxygen atoms in total. The Kier molecular flexibility index (Phi) is 3.99. The van der Waals surface area contributed by atoms with Gasteiger partial charge in [0.1, 0.15) is 10.9 Å². The van der Waals surface area contributed by atoms with Crippen LogP contribution in [0, 0.1) is 17.2 Å². The highest BCUT2D eigenvalue weighted by atomic mass is 35.5. The molecule has 6 heteroatoms. The van der Waals surface area contributed by atoms with Crippen molar-refractivity contribution in [3.05, 3.63) is 10.0 Å². The Morgan fingerprint density at radius 1 is 1.62 bits per heavy atom. The van der Waals surface area contributed by atoms with Gasteiger partial charge in [0.05, 0.1) is 6.61 Å². The van der Waals surface area contributed by atoms with Crippen molar-refractivity contribution in [1.29, 1.82) is 5.26 Å². The molecule has 2 rings (SSSR count). The van der Waals surface area contributed by atoms with E-state index in [2.05, 4.69) is 10.3 Å². The van der Waals surface area contributed by atoms with E-state index in [1.54, 1.807) is 0 Å². The number of hydrogen-bond acceptors (Lipinski definition) is 5. The molecule has 0 spiro atoms. The van der Waals surface area contributed by atoms with Gasteiger partial charge in [0.25, 0.3) is 0 Å². The molecule has 1 aliphatic rings. The Morgan fingerprint density at radius 3 is 3.06 bits per heavy atom. The summed E-state index contributed by atoms with van der Waals surface area (Å²) in [4.78, 5) is 4.47. The molecule has 0 amide bonds. The third-order valence-corrected chi connectivity index (χ3v) is 3.56. The minimum atomic E-state index is 0.272. The van der Waals surface area contributed by atoms with Crippen molar-refractivity contribution in [3.63, 3.8) is 0 Å². The molecule has 1 heterocycles. The van der Waals surface area contributed by atoms with Crippen LogP contribution in [0.2, 0.25) is 5.15 Å². The third-order valence-electron chi connectivity index (χ3n) is 2.26. The number of nitrogens with zero attached hydrogens (tertiary/aromatic N) is 2. The lowest BCUT2D eigenvalue weighted by Gasteiger charge is -2.03. The van der Waals surface area contributed by atoms with Crippen LogP contribution in [0.5, 0.6) is 0 Å². The highest BCUT2D eigenvalue weighted by Gasteiger charge is 2.20. The standard InChI is InChI=1S/C10H12ClN3OS/c11-9-8(5-12)16-10(14-9)13-3-4-15-6-7-1-2-7/h7H,1-4,6H2,(H,13,14). The fourth-order valence-electron chi connectivity index (χ4n) is 1.21. The van der Waals surface area contributed by atoms with Gasteiger partial charge < -0.3 is 10.1 Å². The van der Waals surface area contributed by atoms with Crippen LogP contribution in [0.1, 0.15) is 17.7 Å². The summed E-state index contributed by atoms with van der Waals surface area (Å²) in [5, 5.41) is 12.7. The predicted molar refractivity (Wildman–Crippen MR) is 63.9 cm³/mol. The maximum atomic E-state index is 8.69. The summed E-state index contributed by atoms with van der Waals surface area (Å²) in [5.41, 5.74) is 0. The van der Waals surface area contributed by atoms with Gasteiger partial charge in [-0.2, -0.15) is 5.26 Å². The van der Waals surface area contributed by atoms with Crippen LogP contribution in [0.15, 0.2) is 0 Å². The molecule has 1 fully saturated rings. The molecular weight excluding hydrogens is 246 g/mol. The van der Waals surface area contributed by atoms with E-state index in [-0.39, 0.29) is 5.15 Å². The van der Waals surface area contributed by atoms with Gasteiger partial charge in [-0.25, -0.2) is 4.98 Å². The first-order chi connectivity index (χ1) is 7.79. The second-order valence-electron chi connectivity index (χ2n) is 3.70. The summed E-state index contributed by atoms with van der Waals surface area (Å²) >= 11 is 7.01. The van der Waals surface area contributed by atoms with Crippen LogP contribution in [0.4, 0.5) is 5.13 Å². The summed E-state index contributed by atoms with van der Waals surface area (Å²) in [7, 11) is 0. The van der Waals surface area contributed by atoms with Crippen LogP contribution in [0.3, 0.4) is 0 Å². The zero-order chi connectivity index (χ0) is 11.4. The van der Waals surface area contributed by atoms with Crippen molar-refractivity contribution in [2.24, 2.45) is 5.92 Å². The van der Waals surface area contributed by atoms with Gasteiger partial charge in [-0.15, -0.1) is 0 Å². The SMILES string of the molecule is N#Cc1sc(NCCOCC2CC2)nc1Cl. The van der Waals surface area contributed by atoms with Crippen LogP contribution in [0.25, 0.3) is 0 Å². The van der Waals surface area contributed by atoms with Crippen LogP contribution < -0.4 is 5.32 Å². The summed E-state index contributed by atoms with van der Waals surface area (Å²) in [5.74, 6) is 0.791. The number of aromatic nitrogens is 1. The number of anilines is 1. The van der Waals surface area contributed by atoms with Crippen molar-refractivity contribution >= 4 is 28.1 Å². The van der Waals surface area contributed by atoms with Crippen LogP contribution >= 0.6 is 22.9 Å². The normalized spacial score (nSPS) is 14.8. The molecule has 1 N–H and O–H groups in total. The number of nitrogens with one attached hydrogen (secondary N) is 1. The second kappa shape index (κ2) is 5.48. The molecule has 1 aliphatic carbocycles. The second-order valence-corrected chi connectivity index (χ2v) is 5.05. The van der Waals surface area contributed by atoms with Crippen LogP contribution in [-0.4, -0.2) is 24.7 Å². The topological polar surface area (TPSA) is 57.9 Å². The van der Waals surface area contributed by atoms with E-state index in [4.69, 9.17) is 21.6 Å². The Hall–Kier alpha value is -0.830. The molecule has 0 atom stereocenters. The molecule has 0 aromatic carbocycles. The molecule has 0 saturated heterocycles. The fraction of sp³-hybridized carbons (Fsp3) is 0.600. The summed E-state index contributed by atoms with van der Waals surface area (Å²) < 4.78 is 5.46. The van der Waals surface area contributed by atoms with Gasteiger partial charge >= 0.3 is 0 Å². The average Bonchev–Trinajstić information content (AvgIpc) is 3.02. The minimum absolute atomic E-state index is 0.272. The average molecular weight is 258 g/mol. The monoisotopic (exact) mass is 257 g/mol. The largest absolute Gasteiger partial charge is 0.379 e. The zero-order valence-electron chi connectivity index (χ0n) is 8.70. The first kappa shape index (κ1) is 11.6. The molecule has 16 heavy (non-hydrogen) atoms. The number of halogens is 1. The lowest BCUT2D eigenvalue weighted by atomic mass is 10.5. The molecular formula is C10H12ClN3OS. The predicted octanol–water partition coefficient (Wildman–Crippen LogP) is 2.51. The van der Waals surface area contributed by atoms with Gasteiger partial charge in [-0.05, 0) is 18.8 Å². The third kappa shape index (κ3) is 3.34. The lowest BCUT2D eigenvalue weighted by molar-refractivity contribution is 0.134. The van der Waals surface area contributed by atoms with E-state index in [0.717, 1.165) is 12.5 Å². The number of rotatable bonds is 6. The summed E-state index contributed by atoms with van der Waals surface area (Å²) in [6.07, 6.45) is 2.61. The molecule has 1 saturated carbocycles. The molecule has 0 bridgehead atoms. The van der Waals surface area contributed by atoms with Gasteiger partial charge in [-0.3, -0.25) is 0 Å². The zero-order valence-corrected chi connectivity index (χ0v) is 10.3. The Bertz CT molecular complexity index is 397. The summed E-state index contributed by atoms with van der Waals surface area (Å²) in [6.45, 7) is 2.22. The highest BCUT2D eigenvalue weighted by molar-refractivity contribution is 7.16. The Balaban J connectivity index is 1.66. The van der Waals surface area contributed by atoms with E-state index in [1.165, 1.54) is 24.2 Å². The lowest BCUT2D eigenvalue weighted by Crippen LogP contribution is -2.10. The molecule has 0 unspecified atom stereocenters. The van der Waals surface area contributed by atoms with Gasteiger partial charge in [-0.1, -0.05) is 22.9 Å². The number of nitriles is 1. The quantitative estimate of drug-likeness (QED) is 0.796. The van der Waals surface area contributed by atoms with Gasteiger partial charge in [0.15, 0.2) is 10.3 Å². The summed E-state index contributed by atoms with van der Waals surface area (Å²) in [6, 6.07) is 1.99. The van der Waals surface area contributed by atoms with E-state index < -0.39 is 0 Å². The van der Waals surface area contributed by atoms with Crippen molar-refractivity contribution in [3.8, 4) is 6.07 Å². The van der Waals surface area contributed by atoms with Crippen molar-refractivity contribution in [2.75, 3.05) is 25.1 Å². The molecule has 86 valence electrons. The molecule has 1 aromatic heterocycles. The molecule has 0 radical (unpaired) electrons. The Labute approximate surface area is 103 Å².